The molecule has 0 N–H and O–H groups in total. The Morgan fingerprint density at radius 1 is 0.690 bits per heavy atom. The molecule has 0 spiro atoms. The minimum atomic E-state index is 0.265. The van der Waals surface area contributed by atoms with Crippen LogP contribution in [0.3, 0.4) is 0 Å². The summed E-state index contributed by atoms with van der Waals surface area (Å²) in [4.78, 5) is 17.9. The van der Waals surface area contributed by atoms with Crippen molar-refractivity contribution in [1.82, 2.24) is 19.9 Å². The minimum absolute atomic E-state index is 0.265. The third-order valence-electron chi connectivity index (χ3n) is 8.45. The first-order valence-electron chi connectivity index (χ1n) is 14.9. The number of aromatic nitrogens is 4. The molecule has 2 atom stereocenters. The summed E-state index contributed by atoms with van der Waals surface area (Å²) < 4.78 is 18.4. The van der Waals surface area contributed by atoms with Gasteiger partial charge in [-0.3, -0.25) is 0 Å². The predicted molar refractivity (Wildman–Crippen MR) is 161 cm³/mol. The summed E-state index contributed by atoms with van der Waals surface area (Å²) >= 11 is 0. The fourth-order valence-corrected chi connectivity index (χ4v) is 6.29. The average Bonchev–Trinajstić information content (AvgIpc) is 3.05. The van der Waals surface area contributed by atoms with Gasteiger partial charge in [0.15, 0.2) is 5.65 Å². The summed E-state index contributed by atoms with van der Waals surface area (Å²) in [5.74, 6) is 2.59. The highest BCUT2D eigenvalue weighted by Crippen LogP contribution is 2.34. The molecule has 2 aliphatic rings. The van der Waals surface area contributed by atoms with Crippen molar-refractivity contribution in [2.75, 3.05) is 13.2 Å². The van der Waals surface area contributed by atoms with Crippen LogP contribution in [0.4, 0.5) is 0 Å². The Morgan fingerprint density at radius 2 is 1.40 bits per heavy atom. The van der Waals surface area contributed by atoms with E-state index in [-0.39, 0.29) is 6.61 Å². The molecule has 7 nitrogen and oxygen atoms in total. The Labute approximate surface area is 246 Å². The van der Waals surface area contributed by atoms with Crippen molar-refractivity contribution in [2.24, 2.45) is 0 Å². The normalized spacial score (nSPS) is 17.7. The van der Waals surface area contributed by atoms with Gasteiger partial charge in [0, 0.05) is 24.1 Å². The molecule has 7 heteroatoms. The van der Waals surface area contributed by atoms with Gasteiger partial charge in [-0.25, -0.2) is 19.9 Å². The van der Waals surface area contributed by atoms with Gasteiger partial charge >= 0.3 is 0 Å². The lowest BCUT2D eigenvalue weighted by molar-refractivity contribution is 0.264. The first-order chi connectivity index (χ1) is 20.8. The molecule has 3 aromatic heterocycles. The first kappa shape index (κ1) is 26.4. The lowest BCUT2D eigenvalue weighted by Gasteiger charge is -2.25. The Balaban J connectivity index is 0.976. The Hall–Kier alpha value is -4.52. The van der Waals surface area contributed by atoms with E-state index in [9.17, 15) is 0 Å². The molecule has 42 heavy (non-hydrogen) atoms. The summed E-state index contributed by atoms with van der Waals surface area (Å²) in [6, 6.07) is 25.0. The van der Waals surface area contributed by atoms with Gasteiger partial charge in [0.05, 0.1) is 24.3 Å². The van der Waals surface area contributed by atoms with Crippen molar-refractivity contribution in [2.45, 2.75) is 57.0 Å². The fraction of sp³-hybridized carbons (Fsp3) is 0.314. The predicted octanol–water partition coefficient (Wildman–Crippen LogP) is 7.00. The molecule has 0 bridgehead atoms. The van der Waals surface area contributed by atoms with Crippen molar-refractivity contribution in [3.05, 3.63) is 113 Å². The number of nitrogens with zero attached hydrogens (tertiary/aromatic N) is 4. The number of rotatable bonds is 9. The number of pyridine rings is 2. The molecular weight excluding hydrogens is 524 g/mol. The number of fused-ring (bicyclic) bond motifs is 3. The summed E-state index contributed by atoms with van der Waals surface area (Å²) in [5, 5.41) is 0.795. The molecule has 0 radical (unpaired) electrons. The molecule has 0 saturated heterocycles. The van der Waals surface area contributed by atoms with Crippen LogP contribution in [0.15, 0.2) is 85.3 Å². The smallest absolute Gasteiger partial charge is 0.226 e. The molecule has 2 unspecified atom stereocenters. The van der Waals surface area contributed by atoms with Crippen LogP contribution in [0.5, 0.6) is 17.5 Å². The van der Waals surface area contributed by atoms with E-state index < -0.39 is 0 Å². The fourth-order valence-electron chi connectivity index (χ4n) is 6.29. The molecule has 0 saturated carbocycles. The summed E-state index contributed by atoms with van der Waals surface area (Å²) in [7, 11) is 0. The lowest BCUT2D eigenvalue weighted by atomic mass is 9.83. The highest BCUT2D eigenvalue weighted by atomic mass is 16.5. The summed E-state index contributed by atoms with van der Waals surface area (Å²) in [6.07, 6.45) is 10.2. The van der Waals surface area contributed by atoms with Crippen molar-refractivity contribution >= 4 is 11.0 Å². The van der Waals surface area contributed by atoms with E-state index in [0.717, 1.165) is 42.5 Å². The van der Waals surface area contributed by atoms with Crippen LogP contribution in [0, 0.1) is 0 Å². The zero-order chi connectivity index (χ0) is 28.1. The maximum atomic E-state index is 6.24. The largest absolute Gasteiger partial charge is 0.493 e. The van der Waals surface area contributed by atoms with Gasteiger partial charge in [-0.05, 0) is 79.0 Å². The van der Waals surface area contributed by atoms with E-state index in [4.69, 9.17) is 19.2 Å². The van der Waals surface area contributed by atoms with E-state index in [1.807, 2.05) is 24.3 Å². The number of ether oxygens (including phenoxy) is 3. The van der Waals surface area contributed by atoms with E-state index in [1.54, 1.807) is 6.20 Å². The second kappa shape index (κ2) is 12.1. The third-order valence-corrected chi connectivity index (χ3v) is 8.45. The monoisotopic (exact) mass is 558 g/mol. The van der Waals surface area contributed by atoms with Crippen molar-refractivity contribution in [1.29, 1.82) is 0 Å². The summed E-state index contributed by atoms with van der Waals surface area (Å²) in [5.41, 5.74) is 7.01. The Kier molecular flexibility index (Phi) is 7.63. The van der Waals surface area contributed by atoms with Crippen molar-refractivity contribution < 1.29 is 14.2 Å². The minimum Gasteiger partial charge on any atom is -0.493 e. The van der Waals surface area contributed by atoms with Gasteiger partial charge in [0.2, 0.25) is 11.8 Å². The molecule has 2 aliphatic carbocycles. The maximum absolute atomic E-state index is 6.24. The number of benzene rings is 2. The standard InChI is InChI=1S/C35H34N4O3/c1-3-13-30-24(7-1)9-5-11-26(30)20-40-29-17-18-36-33(19-29)41-22-28-15-16-32-34(39-28)37-23-38-35(32)42-21-27-12-6-10-25-8-2-4-14-31(25)27/h1-4,7-8,13-19,23,26-27H,5-6,9-12,20-22H2. The van der Waals surface area contributed by atoms with Crippen LogP contribution in [-0.4, -0.2) is 33.1 Å². The van der Waals surface area contributed by atoms with Crippen molar-refractivity contribution in [3.63, 3.8) is 0 Å². The van der Waals surface area contributed by atoms with Crippen LogP contribution in [-0.2, 0) is 19.4 Å². The third kappa shape index (κ3) is 5.77. The van der Waals surface area contributed by atoms with Crippen molar-refractivity contribution in [3.8, 4) is 17.5 Å². The number of hydrogen-bond acceptors (Lipinski definition) is 7. The highest BCUT2D eigenvalue weighted by Gasteiger charge is 2.22. The van der Waals surface area contributed by atoms with Gasteiger partial charge in [0.25, 0.3) is 0 Å². The molecule has 0 fully saturated rings. The van der Waals surface area contributed by atoms with E-state index in [0.29, 0.717) is 42.5 Å². The second-order valence-corrected chi connectivity index (χ2v) is 11.2. The zero-order valence-corrected chi connectivity index (χ0v) is 23.6. The van der Waals surface area contributed by atoms with Crippen LogP contribution < -0.4 is 14.2 Å². The molecule has 0 amide bonds. The van der Waals surface area contributed by atoms with Crippen LogP contribution >= 0.6 is 0 Å². The van der Waals surface area contributed by atoms with Gasteiger partial charge in [-0.1, -0.05) is 48.5 Å². The van der Waals surface area contributed by atoms with E-state index in [1.165, 1.54) is 41.4 Å². The summed E-state index contributed by atoms with van der Waals surface area (Å²) in [6.45, 7) is 1.50. The topological polar surface area (TPSA) is 79.2 Å². The van der Waals surface area contributed by atoms with Crippen LogP contribution in [0.2, 0.25) is 0 Å². The molecule has 212 valence electrons. The highest BCUT2D eigenvalue weighted by molar-refractivity contribution is 5.79. The van der Waals surface area contributed by atoms with E-state index in [2.05, 4.69) is 63.5 Å². The second-order valence-electron chi connectivity index (χ2n) is 11.2. The van der Waals surface area contributed by atoms with Crippen LogP contribution in [0.1, 0.15) is 65.5 Å². The lowest BCUT2D eigenvalue weighted by Crippen LogP contribution is -2.17. The van der Waals surface area contributed by atoms with Gasteiger partial charge in [-0.2, -0.15) is 0 Å². The molecule has 2 aromatic carbocycles. The quantitative estimate of drug-likeness (QED) is 0.193. The molecule has 5 aromatic rings. The number of hydrogen-bond donors (Lipinski definition) is 0. The zero-order valence-electron chi connectivity index (χ0n) is 23.6. The van der Waals surface area contributed by atoms with Gasteiger partial charge in [0.1, 0.15) is 18.7 Å². The van der Waals surface area contributed by atoms with E-state index >= 15 is 0 Å². The number of aryl methyl sites for hydroxylation is 2. The van der Waals surface area contributed by atoms with Gasteiger partial charge in [-0.15, -0.1) is 0 Å². The van der Waals surface area contributed by atoms with Crippen LogP contribution in [0.25, 0.3) is 11.0 Å². The molecule has 0 aliphatic heterocycles. The molecular formula is C35H34N4O3. The average molecular weight is 559 g/mol. The maximum Gasteiger partial charge on any atom is 0.226 e. The SMILES string of the molecule is c1ccc2c(c1)CCCC2COc1ccnc(OCc2ccc3c(OCC4CCCc5ccccc54)ncnc3n2)c1. The Bertz CT molecular complexity index is 1690. The molecule has 3 heterocycles. The first-order valence-corrected chi connectivity index (χ1v) is 14.9. The van der Waals surface area contributed by atoms with Gasteiger partial charge < -0.3 is 14.2 Å². The Morgan fingerprint density at radius 3 is 2.17 bits per heavy atom. The molecule has 7 rings (SSSR count).